The van der Waals surface area contributed by atoms with Crippen molar-refractivity contribution in [3.63, 3.8) is 0 Å². The van der Waals surface area contributed by atoms with Crippen LogP contribution in [0.2, 0.25) is 0 Å². The molecule has 1 saturated carbocycles. The van der Waals surface area contributed by atoms with Gasteiger partial charge in [0.25, 0.3) is 0 Å². The zero-order chi connectivity index (χ0) is 15.0. The van der Waals surface area contributed by atoms with Gasteiger partial charge < -0.3 is 15.8 Å². The summed E-state index contributed by atoms with van der Waals surface area (Å²) in [5.74, 6) is 3.30. The first kappa shape index (κ1) is 14.1. The van der Waals surface area contributed by atoms with Gasteiger partial charge in [-0.2, -0.15) is 0 Å². The molecule has 0 bridgehead atoms. The van der Waals surface area contributed by atoms with Crippen LogP contribution in [-0.2, 0) is 0 Å². The van der Waals surface area contributed by atoms with Gasteiger partial charge in [0.15, 0.2) is 0 Å². The van der Waals surface area contributed by atoms with Gasteiger partial charge in [0.1, 0.15) is 23.2 Å². The molecule has 3 N–H and O–H groups in total. The van der Waals surface area contributed by atoms with E-state index in [9.17, 15) is 0 Å². The summed E-state index contributed by atoms with van der Waals surface area (Å²) in [6, 6.07) is 5.78. The predicted molar refractivity (Wildman–Crippen MR) is 87.1 cm³/mol. The van der Waals surface area contributed by atoms with Crippen molar-refractivity contribution in [2.45, 2.75) is 25.7 Å². The lowest BCUT2D eigenvalue weighted by atomic mass is 10.2. The molecule has 1 aliphatic carbocycles. The number of aromatic nitrogens is 2. The highest BCUT2D eigenvalue weighted by Gasteiger charge is 2.28. The van der Waals surface area contributed by atoms with Gasteiger partial charge in [0, 0.05) is 16.0 Å². The van der Waals surface area contributed by atoms with Gasteiger partial charge in [-0.05, 0) is 38.0 Å². The highest BCUT2D eigenvalue weighted by molar-refractivity contribution is 9.10. The highest BCUT2D eigenvalue weighted by atomic mass is 79.9. The number of anilines is 3. The molecular weight excluding hydrogens is 332 g/mol. The van der Waals surface area contributed by atoms with Gasteiger partial charge in [-0.15, -0.1) is 0 Å². The Morgan fingerprint density at radius 1 is 1.33 bits per heavy atom. The minimum Gasteiger partial charge on any atom is -0.495 e. The van der Waals surface area contributed by atoms with Crippen molar-refractivity contribution in [1.29, 1.82) is 0 Å². The summed E-state index contributed by atoms with van der Waals surface area (Å²) in [4.78, 5) is 9.01. The number of nitrogens with two attached hydrogens (primary N) is 1. The number of benzene rings is 1. The Hall–Kier alpha value is -1.82. The average Bonchev–Trinajstić information content (AvgIpc) is 3.28. The summed E-state index contributed by atoms with van der Waals surface area (Å²) in [6.07, 6.45) is 2.28. The summed E-state index contributed by atoms with van der Waals surface area (Å²) in [6.45, 7) is 1.92. The quantitative estimate of drug-likeness (QED) is 0.879. The summed E-state index contributed by atoms with van der Waals surface area (Å²) >= 11 is 3.47. The van der Waals surface area contributed by atoms with Crippen LogP contribution in [0.4, 0.5) is 17.3 Å². The van der Waals surface area contributed by atoms with Crippen molar-refractivity contribution >= 4 is 33.3 Å². The molecule has 1 aliphatic rings. The third-order valence-electron chi connectivity index (χ3n) is 3.56. The van der Waals surface area contributed by atoms with Crippen molar-refractivity contribution in [2.24, 2.45) is 0 Å². The molecule has 6 heteroatoms. The number of ether oxygens (including phenoxy) is 1. The maximum absolute atomic E-state index is 6.01. The standard InChI is InChI=1S/C15H17BrN4O/c1-8-13(17)19-15(9-3-4-9)20-14(8)18-11-7-10(16)5-6-12(11)21-2/h5-7,9H,3-4H2,1-2H3,(H3,17,18,19,20). The van der Waals surface area contributed by atoms with Crippen LogP contribution in [0.25, 0.3) is 0 Å². The first-order valence-electron chi connectivity index (χ1n) is 6.83. The van der Waals surface area contributed by atoms with Gasteiger partial charge >= 0.3 is 0 Å². The van der Waals surface area contributed by atoms with Crippen LogP contribution in [0.5, 0.6) is 5.75 Å². The van der Waals surface area contributed by atoms with E-state index in [-0.39, 0.29) is 0 Å². The molecular formula is C15H17BrN4O. The SMILES string of the molecule is COc1ccc(Br)cc1Nc1nc(C2CC2)nc(N)c1C. The molecule has 1 aromatic heterocycles. The number of methoxy groups -OCH3 is 1. The zero-order valence-electron chi connectivity index (χ0n) is 12.0. The van der Waals surface area contributed by atoms with Gasteiger partial charge in [0.05, 0.1) is 12.8 Å². The molecule has 0 atom stereocenters. The van der Waals surface area contributed by atoms with E-state index in [0.717, 1.165) is 46.0 Å². The van der Waals surface area contributed by atoms with Crippen LogP contribution in [0.3, 0.4) is 0 Å². The first-order valence-corrected chi connectivity index (χ1v) is 7.62. The first-order chi connectivity index (χ1) is 10.1. The minimum atomic E-state index is 0.456. The smallest absolute Gasteiger partial charge is 0.142 e. The molecule has 2 aromatic rings. The molecule has 0 radical (unpaired) electrons. The number of halogens is 1. The van der Waals surface area contributed by atoms with Crippen LogP contribution in [-0.4, -0.2) is 17.1 Å². The van der Waals surface area contributed by atoms with Crippen LogP contribution in [0, 0.1) is 6.92 Å². The Kier molecular flexibility index (Phi) is 3.71. The minimum absolute atomic E-state index is 0.456. The van der Waals surface area contributed by atoms with E-state index >= 15 is 0 Å². The van der Waals surface area contributed by atoms with Gasteiger partial charge in [-0.3, -0.25) is 0 Å². The molecule has 0 saturated heterocycles. The van der Waals surface area contributed by atoms with E-state index in [1.165, 1.54) is 0 Å². The van der Waals surface area contributed by atoms with Crippen molar-refractivity contribution in [3.8, 4) is 5.75 Å². The Morgan fingerprint density at radius 2 is 2.10 bits per heavy atom. The molecule has 1 heterocycles. The Labute approximate surface area is 132 Å². The fraction of sp³-hybridized carbons (Fsp3) is 0.333. The van der Waals surface area contributed by atoms with Gasteiger partial charge in [0.2, 0.25) is 0 Å². The van der Waals surface area contributed by atoms with E-state index in [1.54, 1.807) is 7.11 Å². The molecule has 110 valence electrons. The number of nitrogen functional groups attached to an aromatic ring is 1. The lowest BCUT2D eigenvalue weighted by Crippen LogP contribution is -2.07. The van der Waals surface area contributed by atoms with E-state index in [0.29, 0.717) is 11.7 Å². The second-order valence-electron chi connectivity index (χ2n) is 5.18. The lowest BCUT2D eigenvalue weighted by molar-refractivity contribution is 0.416. The largest absolute Gasteiger partial charge is 0.495 e. The zero-order valence-corrected chi connectivity index (χ0v) is 13.6. The third kappa shape index (κ3) is 2.95. The lowest BCUT2D eigenvalue weighted by Gasteiger charge is -2.14. The topological polar surface area (TPSA) is 73.1 Å². The van der Waals surface area contributed by atoms with Crippen molar-refractivity contribution in [2.75, 3.05) is 18.2 Å². The monoisotopic (exact) mass is 348 g/mol. The maximum Gasteiger partial charge on any atom is 0.142 e. The maximum atomic E-state index is 6.01. The number of hydrogen-bond acceptors (Lipinski definition) is 5. The van der Waals surface area contributed by atoms with Crippen LogP contribution < -0.4 is 15.8 Å². The molecule has 21 heavy (non-hydrogen) atoms. The van der Waals surface area contributed by atoms with E-state index < -0.39 is 0 Å². The number of hydrogen-bond donors (Lipinski definition) is 2. The molecule has 3 rings (SSSR count). The molecule has 1 fully saturated rings. The second kappa shape index (κ2) is 5.52. The molecule has 0 amide bonds. The van der Waals surface area contributed by atoms with Crippen molar-refractivity contribution in [1.82, 2.24) is 9.97 Å². The molecule has 0 spiro atoms. The fourth-order valence-corrected chi connectivity index (χ4v) is 2.46. The molecule has 0 aliphatic heterocycles. The third-order valence-corrected chi connectivity index (χ3v) is 4.05. The summed E-state index contributed by atoms with van der Waals surface area (Å²) in [5, 5.41) is 3.31. The van der Waals surface area contributed by atoms with Crippen molar-refractivity contribution < 1.29 is 4.74 Å². The summed E-state index contributed by atoms with van der Waals surface area (Å²) in [5.41, 5.74) is 7.70. The number of nitrogens with zero attached hydrogens (tertiary/aromatic N) is 2. The van der Waals surface area contributed by atoms with E-state index in [4.69, 9.17) is 10.5 Å². The molecule has 5 nitrogen and oxygen atoms in total. The molecule has 1 aromatic carbocycles. The summed E-state index contributed by atoms with van der Waals surface area (Å²) in [7, 11) is 1.64. The Bertz CT molecular complexity index is 686. The van der Waals surface area contributed by atoms with Crippen LogP contribution in [0.15, 0.2) is 22.7 Å². The second-order valence-corrected chi connectivity index (χ2v) is 6.10. The highest BCUT2D eigenvalue weighted by Crippen LogP contribution is 2.40. The Balaban J connectivity index is 1.99. The van der Waals surface area contributed by atoms with Crippen LogP contribution >= 0.6 is 15.9 Å². The van der Waals surface area contributed by atoms with E-state index in [2.05, 4.69) is 31.2 Å². The predicted octanol–water partition coefficient (Wildman–Crippen LogP) is 3.76. The average molecular weight is 349 g/mol. The number of rotatable bonds is 4. The van der Waals surface area contributed by atoms with E-state index in [1.807, 2.05) is 25.1 Å². The number of nitrogens with one attached hydrogen (secondary N) is 1. The van der Waals surface area contributed by atoms with Gasteiger partial charge in [-0.25, -0.2) is 9.97 Å². The Morgan fingerprint density at radius 3 is 2.76 bits per heavy atom. The van der Waals surface area contributed by atoms with Gasteiger partial charge in [-0.1, -0.05) is 15.9 Å². The summed E-state index contributed by atoms with van der Waals surface area (Å²) < 4.78 is 6.34. The van der Waals surface area contributed by atoms with Crippen LogP contribution in [0.1, 0.15) is 30.1 Å². The van der Waals surface area contributed by atoms with Crippen molar-refractivity contribution in [3.05, 3.63) is 34.1 Å². The fourth-order valence-electron chi connectivity index (χ4n) is 2.10. The normalized spacial score (nSPS) is 14.0. The molecule has 0 unspecified atom stereocenters.